The average Bonchev–Trinajstić information content (AvgIpc) is 2.54. The summed E-state index contributed by atoms with van der Waals surface area (Å²) in [5.74, 6) is -1.06. The quantitative estimate of drug-likeness (QED) is 0.627. The molecule has 1 fully saturated rings. The zero-order valence-electron chi connectivity index (χ0n) is 14.2. The number of fused-ring (bicyclic) bond motifs is 1. The first-order valence-corrected chi connectivity index (χ1v) is 6.45. The highest BCUT2D eigenvalue weighted by Gasteiger charge is 2.30. The number of carbonyl (C=O) groups excluding carboxylic acids is 2. The second-order valence-corrected chi connectivity index (χ2v) is 4.91. The topological polar surface area (TPSA) is 95.0 Å². The molecule has 2 aromatic rings. The molecule has 1 aliphatic rings. The minimum Gasteiger partial charge on any atom is -0.398 e. The Kier molecular flexibility index (Phi) is 2.35. The summed E-state index contributed by atoms with van der Waals surface area (Å²) in [7, 11) is 0. The van der Waals surface area contributed by atoms with E-state index in [-0.39, 0.29) is 47.1 Å². The molecule has 0 saturated heterocycles. The van der Waals surface area contributed by atoms with Crippen molar-refractivity contribution in [1.29, 1.82) is 0 Å². The molecule has 1 aliphatic carbocycles. The fourth-order valence-electron chi connectivity index (χ4n) is 2.51. The minimum atomic E-state index is -1.98. The number of benzene rings is 1. The molecule has 1 aromatic carbocycles. The first-order valence-electron chi connectivity index (χ1n) is 8.15. The Morgan fingerprint density at radius 2 is 2.33 bits per heavy atom. The zero-order chi connectivity index (χ0) is 17.6. The van der Waals surface area contributed by atoms with Gasteiger partial charge in [-0.05, 0) is 25.4 Å². The lowest BCUT2D eigenvalue weighted by Crippen LogP contribution is -2.36. The first-order chi connectivity index (χ1) is 11.3. The fourth-order valence-corrected chi connectivity index (χ4v) is 2.51. The molecule has 1 aromatic heterocycles. The lowest BCUT2D eigenvalue weighted by molar-refractivity contribution is -0.132. The molecule has 3 rings (SSSR count). The maximum absolute atomic E-state index is 12.9. The monoisotopic (exact) mass is 288 g/mol. The SMILES string of the molecule is [2H]Cc1nc2c([2H])ccc(N)c2c(=O)n1C1([2H])CCC(=O)CC1=O. The third kappa shape index (κ3) is 2.12. The number of nitrogens with zero attached hydrogens (tertiary/aromatic N) is 2. The average molecular weight is 288 g/mol. The summed E-state index contributed by atoms with van der Waals surface area (Å²) < 4.78 is 24.8. The molecule has 21 heavy (non-hydrogen) atoms. The van der Waals surface area contributed by atoms with Crippen molar-refractivity contribution >= 4 is 28.2 Å². The largest absolute Gasteiger partial charge is 0.398 e. The molecule has 108 valence electrons. The van der Waals surface area contributed by atoms with Gasteiger partial charge in [-0.25, -0.2) is 4.98 Å². The summed E-state index contributed by atoms with van der Waals surface area (Å²) in [4.78, 5) is 40.8. The number of aryl methyl sites for hydroxylation is 1. The number of hydrogen-bond acceptors (Lipinski definition) is 5. The van der Waals surface area contributed by atoms with Crippen LogP contribution in [0.15, 0.2) is 23.0 Å². The maximum atomic E-state index is 12.9. The van der Waals surface area contributed by atoms with E-state index in [1.807, 2.05) is 0 Å². The molecule has 0 amide bonds. The van der Waals surface area contributed by atoms with Crippen molar-refractivity contribution in [2.24, 2.45) is 0 Å². The lowest BCUT2D eigenvalue weighted by atomic mass is 9.92. The van der Waals surface area contributed by atoms with Crippen molar-refractivity contribution in [2.75, 3.05) is 5.73 Å². The Morgan fingerprint density at radius 1 is 1.52 bits per heavy atom. The van der Waals surface area contributed by atoms with Crippen molar-refractivity contribution in [2.45, 2.75) is 32.2 Å². The normalized spacial score (nSPS) is 24.7. The molecule has 0 aliphatic heterocycles. The standard InChI is InChI=1S/C15H15N3O3/c1-8-17-11-4-2-3-10(16)14(11)15(21)18(8)12-6-5-9(19)7-13(12)20/h2-4,12H,5-7,16H2,1H3/i1D,4D,12D. The van der Waals surface area contributed by atoms with Crippen LogP contribution in [-0.2, 0) is 9.59 Å². The fraction of sp³-hybridized carbons (Fsp3) is 0.333. The number of ketones is 2. The molecule has 6 heteroatoms. The van der Waals surface area contributed by atoms with E-state index in [2.05, 4.69) is 4.98 Å². The van der Waals surface area contributed by atoms with Gasteiger partial charge >= 0.3 is 0 Å². The number of aromatic nitrogens is 2. The predicted molar refractivity (Wildman–Crippen MR) is 78.1 cm³/mol. The van der Waals surface area contributed by atoms with Gasteiger partial charge in [0.05, 0.1) is 26.1 Å². The van der Waals surface area contributed by atoms with Gasteiger partial charge in [0.1, 0.15) is 11.6 Å². The number of nitrogens with two attached hydrogens (primary N) is 1. The third-order valence-electron chi connectivity index (χ3n) is 3.51. The van der Waals surface area contributed by atoms with Crippen LogP contribution < -0.4 is 11.3 Å². The van der Waals surface area contributed by atoms with Crippen LogP contribution in [0.4, 0.5) is 5.69 Å². The number of carbonyl (C=O) groups is 2. The number of hydrogen-bond donors (Lipinski definition) is 1. The van der Waals surface area contributed by atoms with Crippen LogP contribution in [0, 0.1) is 6.90 Å². The molecule has 1 atom stereocenters. The van der Waals surface area contributed by atoms with E-state index in [0.717, 1.165) is 4.57 Å². The molecule has 0 radical (unpaired) electrons. The molecule has 6 nitrogen and oxygen atoms in total. The van der Waals surface area contributed by atoms with E-state index in [0.29, 0.717) is 0 Å². The summed E-state index contributed by atoms with van der Waals surface area (Å²) >= 11 is 0. The Bertz CT molecular complexity index is 941. The van der Waals surface area contributed by atoms with Gasteiger partial charge in [-0.2, -0.15) is 0 Å². The van der Waals surface area contributed by atoms with Crippen LogP contribution in [0.2, 0.25) is 0 Å². The highest BCUT2D eigenvalue weighted by atomic mass is 16.2. The molecular formula is C15H15N3O3. The highest BCUT2D eigenvalue weighted by Crippen LogP contribution is 2.24. The molecule has 1 heterocycles. The van der Waals surface area contributed by atoms with Gasteiger partial charge < -0.3 is 5.73 Å². The molecule has 0 spiro atoms. The molecule has 0 bridgehead atoms. The van der Waals surface area contributed by atoms with Gasteiger partial charge in [0.15, 0.2) is 5.78 Å². The van der Waals surface area contributed by atoms with E-state index in [9.17, 15) is 14.4 Å². The van der Waals surface area contributed by atoms with Crippen molar-refractivity contribution in [3.8, 4) is 0 Å². The lowest BCUT2D eigenvalue weighted by Gasteiger charge is -2.24. The number of nitrogen functional groups attached to an aromatic ring is 1. The predicted octanol–water partition coefficient (Wildman–Crippen LogP) is 1.15. The van der Waals surface area contributed by atoms with E-state index >= 15 is 0 Å². The van der Waals surface area contributed by atoms with Crippen LogP contribution in [-0.4, -0.2) is 21.1 Å². The van der Waals surface area contributed by atoms with Crippen LogP contribution in [0.3, 0.4) is 0 Å². The minimum absolute atomic E-state index is 0.00508. The number of Topliss-reactive ketones (excluding diaryl/α,β-unsaturated/α-hetero) is 2. The van der Waals surface area contributed by atoms with Crippen LogP contribution in [0.1, 0.15) is 35.2 Å². The second-order valence-electron chi connectivity index (χ2n) is 4.91. The van der Waals surface area contributed by atoms with Crippen molar-refractivity contribution in [1.82, 2.24) is 9.55 Å². The smallest absolute Gasteiger partial charge is 0.264 e. The Hall–Kier alpha value is -2.50. The number of rotatable bonds is 1. The highest BCUT2D eigenvalue weighted by molar-refractivity contribution is 6.03. The van der Waals surface area contributed by atoms with Gasteiger partial charge in [-0.1, -0.05) is 6.07 Å². The zero-order valence-corrected chi connectivity index (χ0v) is 11.2. The van der Waals surface area contributed by atoms with Crippen LogP contribution in [0.5, 0.6) is 0 Å². The van der Waals surface area contributed by atoms with Gasteiger partial charge in [-0.3, -0.25) is 19.0 Å². The van der Waals surface area contributed by atoms with Gasteiger partial charge in [0.2, 0.25) is 0 Å². The van der Waals surface area contributed by atoms with E-state index in [1.165, 1.54) is 12.1 Å². The number of anilines is 1. The Morgan fingerprint density at radius 3 is 3.05 bits per heavy atom. The first kappa shape index (κ1) is 10.3. The molecule has 1 unspecified atom stereocenters. The van der Waals surface area contributed by atoms with Gasteiger partial charge in [0.25, 0.3) is 5.56 Å². The van der Waals surface area contributed by atoms with E-state index in [4.69, 9.17) is 9.85 Å². The summed E-state index contributed by atoms with van der Waals surface area (Å²) in [6, 6.07) is 0.777. The van der Waals surface area contributed by atoms with Crippen molar-refractivity contribution in [3.05, 3.63) is 34.4 Å². The summed E-state index contributed by atoms with van der Waals surface area (Å²) in [6.07, 6.45) is -0.560. The third-order valence-corrected chi connectivity index (χ3v) is 3.51. The van der Waals surface area contributed by atoms with Gasteiger partial charge in [-0.15, -0.1) is 0 Å². The Labute approximate surface area is 124 Å². The maximum Gasteiger partial charge on any atom is 0.264 e. The van der Waals surface area contributed by atoms with Crippen molar-refractivity contribution < 1.29 is 13.7 Å². The van der Waals surface area contributed by atoms with Crippen LogP contribution in [0.25, 0.3) is 10.9 Å². The summed E-state index contributed by atoms with van der Waals surface area (Å²) in [5, 5.41) is -0.0453. The Balaban J connectivity index is 2.38. The molecular weight excluding hydrogens is 270 g/mol. The summed E-state index contributed by atoms with van der Waals surface area (Å²) in [6.45, 7) is -0.443. The van der Waals surface area contributed by atoms with E-state index in [1.54, 1.807) is 0 Å². The second kappa shape index (κ2) is 4.80. The van der Waals surface area contributed by atoms with Gasteiger partial charge in [0, 0.05) is 13.5 Å². The summed E-state index contributed by atoms with van der Waals surface area (Å²) in [5.41, 5.74) is 5.23. The van der Waals surface area contributed by atoms with Crippen LogP contribution >= 0.6 is 0 Å². The molecule has 2 N–H and O–H groups in total. The van der Waals surface area contributed by atoms with Crippen molar-refractivity contribution in [3.63, 3.8) is 0 Å². The van der Waals surface area contributed by atoms with E-state index < -0.39 is 30.7 Å². The molecule has 1 saturated carbocycles.